The van der Waals surface area contributed by atoms with Crippen LogP contribution in [0.1, 0.15) is 11.3 Å². The van der Waals surface area contributed by atoms with Crippen molar-refractivity contribution in [2.45, 2.75) is 28.2 Å². The lowest BCUT2D eigenvalue weighted by molar-refractivity contribution is 0.587. The second kappa shape index (κ2) is 9.41. The molecule has 0 saturated heterocycles. The summed E-state index contributed by atoms with van der Waals surface area (Å²) in [5, 5.41) is 4.35. The van der Waals surface area contributed by atoms with Gasteiger partial charge in [0.15, 0.2) is 0 Å². The van der Waals surface area contributed by atoms with E-state index in [4.69, 9.17) is 0 Å². The Bertz CT molecular complexity index is 1530. The third-order valence-corrected chi connectivity index (χ3v) is 8.56. The van der Waals surface area contributed by atoms with Crippen molar-refractivity contribution in [3.8, 4) is 0 Å². The van der Waals surface area contributed by atoms with Crippen LogP contribution in [0.3, 0.4) is 0 Å². The molecule has 1 N–H and O–H groups in total. The fourth-order valence-electron chi connectivity index (χ4n) is 3.94. The molecular formula is C28H24N2O2S2. The molecule has 0 bridgehead atoms. The van der Waals surface area contributed by atoms with E-state index in [0.717, 1.165) is 20.9 Å². The molecule has 1 aromatic heterocycles. The van der Waals surface area contributed by atoms with Crippen molar-refractivity contribution in [1.29, 1.82) is 0 Å². The van der Waals surface area contributed by atoms with E-state index in [1.165, 1.54) is 9.54 Å². The minimum Gasteiger partial charge on any atom is -0.379 e. The van der Waals surface area contributed by atoms with Gasteiger partial charge >= 0.3 is 0 Å². The summed E-state index contributed by atoms with van der Waals surface area (Å²) in [4.78, 5) is 2.25. The van der Waals surface area contributed by atoms with Gasteiger partial charge in [-0.25, -0.2) is 12.4 Å². The topological polar surface area (TPSA) is 51.1 Å². The van der Waals surface area contributed by atoms with E-state index in [9.17, 15) is 8.42 Å². The largest absolute Gasteiger partial charge is 0.379 e. The van der Waals surface area contributed by atoms with Crippen molar-refractivity contribution in [3.63, 3.8) is 0 Å². The van der Waals surface area contributed by atoms with Gasteiger partial charge in [0.2, 0.25) is 0 Å². The Morgan fingerprint density at radius 2 is 1.38 bits per heavy atom. The summed E-state index contributed by atoms with van der Waals surface area (Å²) in [6, 6.07) is 34.5. The number of anilines is 1. The third-order valence-electron chi connectivity index (χ3n) is 5.63. The summed E-state index contributed by atoms with van der Waals surface area (Å²) in [5.41, 5.74) is 3.49. The minimum absolute atomic E-state index is 0.267. The lowest BCUT2D eigenvalue weighted by atomic mass is 10.2. The van der Waals surface area contributed by atoms with Gasteiger partial charge in [0.1, 0.15) is 0 Å². The van der Waals surface area contributed by atoms with Gasteiger partial charge in [-0.15, -0.1) is 0 Å². The zero-order chi connectivity index (χ0) is 23.5. The smallest absolute Gasteiger partial charge is 0.268 e. The molecular weight excluding hydrogens is 460 g/mol. The molecule has 6 heteroatoms. The highest BCUT2D eigenvalue weighted by atomic mass is 32.2. The summed E-state index contributed by atoms with van der Waals surface area (Å²) in [6.45, 7) is 2.40. The third kappa shape index (κ3) is 4.34. The number of fused-ring (bicyclic) bond motifs is 1. The summed E-state index contributed by atoms with van der Waals surface area (Å²) in [5.74, 6) is 0. The molecule has 0 saturated carbocycles. The summed E-state index contributed by atoms with van der Waals surface area (Å²) < 4.78 is 29.3. The number of hydrogen-bond acceptors (Lipinski definition) is 4. The highest BCUT2D eigenvalue weighted by molar-refractivity contribution is 7.99. The maximum atomic E-state index is 13.9. The molecule has 0 aliphatic rings. The first kappa shape index (κ1) is 22.3. The first-order valence-electron chi connectivity index (χ1n) is 11.0. The van der Waals surface area contributed by atoms with Crippen LogP contribution in [-0.4, -0.2) is 12.4 Å². The molecule has 4 nitrogen and oxygen atoms in total. The van der Waals surface area contributed by atoms with Gasteiger partial charge in [-0.1, -0.05) is 84.1 Å². The normalized spacial score (nSPS) is 11.6. The van der Waals surface area contributed by atoms with Crippen molar-refractivity contribution < 1.29 is 8.42 Å². The molecule has 0 aliphatic heterocycles. The van der Waals surface area contributed by atoms with Crippen molar-refractivity contribution in [3.05, 3.63) is 120 Å². The van der Waals surface area contributed by atoms with E-state index in [-0.39, 0.29) is 4.90 Å². The van der Waals surface area contributed by atoms with Gasteiger partial charge in [-0.05, 0) is 49.4 Å². The van der Waals surface area contributed by atoms with Crippen LogP contribution in [0.15, 0.2) is 124 Å². The van der Waals surface area contributed by atoms with Crippen LogP contribution >= 0.6 is 11.8 Å². The summed E-state index contributed by atoms with van der Waals surface area (Å²) in [7, 11) is -3.82. The second-order valence-electron chi connectivity index (χ2n) is 8.01. The number of hydrogen-bond donors (Lipinski definition) is 1. The lowest BCUT2D eigenvalue weighted by Gasteiger charge is -2.15. The van der Waals surface area contributed by atoms with Crippen molar-refractivity contribution in [2.24, 2.45) is 0 Å². The fraction of sp³-hybridized carbons (Fsp3) is 0.0714. The Hall–Kier alpha value is -3.48. The molecule has 0 spiro atoms. The number of nitrogens with one attached hydrogen (secondary N) is 1. The maximum Gasteiger partial charge on any atom is 0.268 e. The molecule has 170 valence electrons. The average molecular weight is 485 g/mol. The minimum atomic E-state index is -3.82. The molecule has 0 amide bonds. The van der Waals surface area contributed by atoms with E-state index in [0.29, 0.717) is 17.8 Å². The molecule has 5 aromatic rings. The quantitative estimate of drug-likeness (QED) is 0.272. The number of benzene rings is 4. The van der Waals surface area contributed by atoms with Gasteiger partial charge in [0.25, 0.3) is 10.0 Å². The maximum absolute atomic E-state index is 13.9. The van der Waals surface area contributed by atoms with Crippen LogP contribution in [0.5, 0.6) is 0 Å². The Morgan fingerprint density at radius 1 is 0.765 bits per heavy atom. The van der Waals surface area contributed by atoms with Crippen LogP contribution in [0.2, 0.25) is 0 Å². The molecule has 0 aliphatic carbocycles. The number of nitrogens with zero attached hydrogens (tertiary/aromatic N) is 1. The number of aryl methyl sites for hydroxylation is 1. The predicted molar refractivity (Wildman–Crippen MR) is 140 cm³/mol. The van der Waals surface area contributed by atoms with Crippen molar-refractivity contribution in [1.82, 2.24) is 3.97 Å². The first-order valence-corrected chi connectivity index (χ1v) is 13.3. The predicted octanol–water partition coefficient (Wildman–Crippen LogP) is 6.95. The second-order valence-corrected chi connectivity index (χ2v) is 10.9. The zero-order valence-electron chi connectivity index (χ0n) is 18.7. The molecule has 34 heavy (non-hydrogen) atoms. The standard InChI is InChI=1S/C28H24N2O2S2/c1-21-16-18-22(19-17-21)29-20-27-28(33-23-10-4-2-5-11-23)25-14-8-9-15-26(25)30(27)34(31,32)24-12-6-3-7-13-24/h2-19,29H,20H2,1H3. The number of aromatic nitrogens is 1. The highest BCUT2D eigenvalue weighted by Gasteiger charge is 2.27. The van der Waals surface area contributed by atoms with Gasteiger partial charge in [-0.2, -0.15) is 0 Å². The average Bonchev–Trinajstić information content (AvgIpc) is 3.19. The zero-order valence-corrected chi connectivity index (χ0v) is 20.3. The van der Waals surface area contributed by atoms with Gasteiger partial charge in [0.05, 0.1) is 22.7 Å². The number of para-hydroxylation sites is 1. The van der Waals surface area contributed by atoms with Crippen LogP contribution in [0, 0.1) is 6.92 Å². The van der Waals surface area contributed by atoms with Crippen LogP contribution in [0.4, 0.5) is 5.69 Å². The molecule has 1 heterocycles. The van der Waals surface area contributed by atoms with E-state index in [1.54, 1.807) is 36.0 Å². The molecule has 0 radical (unpaired) electrons. The van der Waals surface area contributed by atoms with Crippen LogP contribution in [0.25, 0.3) is 10.9 Å². The Balaban J connectivity index is 1.70. The SMILES string of the molecule is Cc1ccc(NCc2c(Sc3ccccc3)c3ccccc3n2S(=O)(=O)c2ccccc2)cc1. The van der Waals surface area contributed by atoms with Gasteiger partial charge in [0, 0.05) is 20.9 Å². The monoisotopic (exact) mass is 484 g/mol. The molecule has 0 fully saturated rings. The van der Waals surface area contributed by atoms with Crippen LogP contribution in [-0.2, 0) is 16.6 Å². The van der Waals surface area contributed by atoms with E-state index >= 15 is 0 Å². The Kier molecular flexibility index (Phi) is 6.18. The Morgan fingerprint density at radius 3 is 2.09 bits per heavy atom. The van der Waals surface area contributed by atoms with Crippen LogP contribution < -0.4 is 5.32 Å². The molecule has 0 atom stereocenters. The van der Waals surface area contributed by atoms with Crippen molar-refractivity contribution in [2.75, 3.05) is 5.32 Å². The summed E-state index contributed by atoms with van der Waals surface area (Å²) in [6.07, 6.45) is 0. The lowest BCUT2D eigenvalue weighted by Crippen LogP contribution is -2.17. The highest BCUT2D eigenvalue weighted by Crippen LogP contribution is 2.40. The summed E-state index contributed by atoms with van der Waals surface area (Å²) >= 11 is 1.59. The Labute approximate surface area is 204 Å². The van der Waals surface area contributed by atoms with Crippen molar-refractivity contribution >= 4 is 38.4 Å². The van der Waals surface area contributed by atoms with E-state index in [2.05, 4.69) is 5.32 Å². The van der Waals surface area contributed by atoms with Gasteiger partial charge < -0.3 is 5.32 Å². The molecule has 0 unspecified atom stereocenters. The van der Waals surface area contributed by atoms with E-state index < -0.39 is 10.0 Å². The molecule has 4 aromatic carbocycles. The number of rotatable bonds is 7. The fourth-order valence-corrected chi connectivity index (χ4v) is 6.66. The van der Waals surface area contributed by atoms with Gasteiger partial charge in [-0.3, -0.25) is 0 Å². The van der Waals surface area contributed by atoms with E-state index in [1.807, 2.05) is 91.9 Å². The first-order chi connectivity index (χ1) is 16.5. The molecule has 5 rings (SSSR count).